The second-order valence-corrected chi connectivity index (χ2v) is 1.00. The molecule has 0 aromatic rings. The van der Waals surface area contributed by atoms with Gasteiger partial charge in [-0.05, 0) is 0 Å². The third kappa shape index (κ3) is 5.99. The van der Waals surface area contributed by atoms with E-state index in [1.807, 2.05) is 12.2 Å². The average Bonchev–Trinajstić information content (AvgIpc) is 1.76. The molecule has 0 fully saturated rings. The molecule has 1 aliphatic rings. The molecule has 1 rings (SSSR count). The van der Waals surface area contributed by atoms with Crippen LogP contribution >= 0.6 is 0 Å². The van der Waals surface area contributed by atoms with Crippen molar-refractivity contribution in [3.63, 3.8) is 0 Å². The van der Waals surface area contributed by atoms with Gasteiger partial charge in [0.15, 0.2) is 0 Å². The summed E-state index contributed by atoms with van der Waals surface area (Å²) in [6, 6.07) is 0. The Labute approximate surface area is 62.9 Å². The zero-order valence-electron chi connectivity index (χ0n) is 5.27. The van der Waals surface area contributed by atoms with Crippen molar-refractivity contribution in [1.82, 2.24) is 0 Å². The van der Waals surface area contributed by atoms with E-state index in [1.165, 1.54) is 0 Å². The molecule has 0 atom stereocenters. The molecule has 0 aliphatic heterocycles. The van der Waals surface area contributed by atoms with Crippen LogP contribution in [0.3, 0.4) is 0 Å². The van der Waals surface area contributed by atoms with Crippen LogP contribution in [0.25, 0.3) is 0 Å². The van der Waals surface area contributed by atoms with Gasteiger partial charge >= 0.3 is 16.8 Å². The van der Waals surface area contributed by atoms with Crippen molar-refractivity contribution in [2.24, 2.45) is 0 Å². The van der Waals surface area contributed by atoms with Gasteiger partial charge in [-0.15, -0.1) is 6.42 Å². The van der Waals surface area contributed by atoms with Crippen molar-refractivity contribution in [3.8, 4) is 0 Å². The van der Waals surface area contributed by atoms with Crippen LogP contribution in [0.15, 0.2) is 18.2 Å². The van der Waals surface area contributed by atoms with Crippen LogP contribution in [-0.4, -0.2) is 0 Å². The fourth-order valence-electron chi connectivity index (χ4n) is 0.340. The minimum atomic E-state index is 0. The van der Waals surface area contributed by atoms with Crippen molar-refractivity contribution in [1.29, 1.82) is 0 Å². The predicted octanol–water partition coefficient (Wildman–Crippen LogP) is 2.20. The molecule has 0 nitrogen and oxygen atoms in total. The quantitative estimate of drug-likeness (QED) is 0.469. The molecule has 0 saturated heterocycles. The third-order valence-corrected chi connectivity index (χ3v) is 0.586. The molecule has 0 N–H and O–H groups in total. The van der Waals surface area contributed by atoms with Crippen molar-refractivity contribution in [2.75, 3.05) is 0 Å². The van der Waals surface area contributed by atoms with Crippen LogP contribution in [-0.2, 0) is 16.8 Å². The van der Waals surface area contributed by atoms with Gasteiger partial charge in [0.2, 0.25) is 0 Å². The normalized spacial score (nSPS) is 11.0. The van der Waals surface area contributed by atoms with Crippen molar-refractivity contribution in [3.05, 3.63) is 39.2 Å². The van der Waals surface area contributed by atoms with E-state index in [2.05, 4.69) is 12.2 Å². The Bertz CT molecular complexity index is 62.5. The zero-order valence-corrected chi connectivity index (χ0v) is 6.31. The molecule has 0 aromatic carbocycles. The number of rotatable bonds is 0. The summed E-state index contributed by atoms with van der Waals surface area (Å²) in [6.07, 6.45) is 10.0. The van der Waals surface area contributed by atoms with Gasteiger partial charge in [-0.1, -0.05) is 0 Å². The fraction of sp³-hybridized carbons (Fsp3) is 0.143. The van der Waals surface area contributed by atoms with Crippen molar-refractivity contribution >= 4 is 0 Å². The van der Waals surface area contributed by atoms with E-state index >= 15 is 0 Å². The SMILES string of the molecule is [C-]1=CC=CC1.[CH3-].[CH3-].[Co+3]. The molecule has 0 saturated carbocycles. The van der Waals surface area contributed by atoms with E-state index in [1.54, 1.807) is 0 Å². The Balaban J connectivity index is -0.0000000833. The molecular formula is C7H11Co. The van der Waals surface area contributed by atoms with E-state index in [4.69, 9.17) is 0 Å². The molecule has 0 heterocycles. The van der Waals surface area contributed by atoms with Crippen molar-refractivity contribution < 1.29 is 16.8 Å². The number of hydrogen-bond donors (Lipinski definition) is 0. The second-order valence-electron chi connectivity index (χ2n) is 1.00. The first kappa shape index (κ1) is 15.7. The molecule has 0 spiro atoms. The topological polar surface area (TPSA) is 0 Å². The maximum atomic E-state index is 2.99. The summed E-state index contributed by atoms with van der Waals surface area (Å²) in [5, 5.41) is 0. The molecule has 48 valence electrons. The minimum Gasteiger partial charge on any atom is -0.358 e. The van der Waals surface area contributed by atoms with Gasteiger partial charge in [-0.3, -0.25) is 6.08 Å². The molecule has 0 unspecified atom stereocenters. The summed E-state index contributed by atoms with van der Waals surface area (Å²) < 4.78 is 0. The first-order valence-electron chi connectivity index (χ1n) is 1.72. The van der Waals surface area contributed by atoms with E-state index in [0.717, 1.165) is 6.42 Å². The molecule has 1 aliphatic carbocycles. The summed E-state index contributed by atoms with van der Waals surface area (Å²) in [6.45, 7) is 0. The summed E-state index contributed by atoms with van der Waals surface area (Å²) in [5.74, 6) is 0. The van der Waals surface area contributed by atoms with Gasteiger partial charge in [0, 0.05) is 0 Å². The van der Waals surface area contributed by atoms with E-state index in [0.29, 0.717) is 0 Å². The molecular weight excluding hydrogens is 143 g/mol. The van der Waals surface area contributed by atoms with Crippen LogP contribution < -0.4 is 0 Å². The van der Waals surface area contributed by atoms with Gasteiger partial charge in [0.1, 0.15) is 0 Å². The number of allylic oxidation sites excluding steroid dienone is 4. The zero-order chi connectivity index (χ0) is 3.54. The Kier molecular flexibility index (Phi) is 19.7. The summed E-state index contributed by atoms with van der Waals surface area (Å²) in [7, 11) is 0. The Morgan fingerprint density at radius 2 is 1.88 bits per heavy atom. The maximum absolute atomic E-state index is 2.99. The summed E-state index contributed by atoms with van der Waals surface area (Å²) in [4.78, 5) is 0. The first-order valence-corrected chi connectivity index (χ1v) is 1.72. The first-order chi connectivity index (χ1) is 2.50. The van der Waals surface area contributed by atoms with Crippen LogP contribution in [0.5, 0.6) is 0 Å². The molecule has 0 amide bonds. The Morgan fingerprint density at radius 1 is 1.25 bits per heavy atom. The number of hydrogen-bond acceptors (Lipinski definition) is 0. The summed E-state index contributed by atoms with van der Waals surface area (Å²) in [5.41, 5.74) is 0. The average molecular weight is 154 g/mol. The fourth-order valence-corrected chi connectivity index (χ4v) is 0.340. The predicted molar refractivity (Wildman–Crippen MR) is 34.4 cm³/mol. The van der Waals surface area contributed by atoms with Gasteiger partial charge in [0.25, 0.3) is 0 Å². The largest absolute Gasteiger partial charge is 3.00 e. The maximum Gasteiger partial charge on any atom is 3.00 e. The molecule has 0 radical (unpaired) electrons. The van der Waals surface area contributed by atoms with Crippen LogP contribution in [0.4, 0.5) is 0 Å². The van der Waals surface area contributed by atoms with E-state index < -0.39 is 0 Å². The van der Waals surface area contributed by atoms with Gasteiger partial charge in [-0.2, -0.15) is 6.08 Å². The van der Waals surface area contributed by atoms with Gasteiger partial charge < -0.3 is 14.9 Å². The second kappa shape index (κ2) is 10.1. The van der Waals surface area contributed by atoms with Crippen molar-refractivity contribution in [2.45, 2.75) is 6.42 Å². The smallest absolute Gasteiger partial charge is 0.358 e. The Hall–Kier alpha value is -0.0135. The van der Waals surface area contributed by atoms with Gasteiger partial charge in [-0.25, -0.2) is 12.2 Å². The molecule has 8 heavy (non-hydrogen) atoms. The summed E-state index contributed by atoms with van der Waals surface area (Å²) >= 11 is 0. The molecule has 1 heteroatoms. The standard InChI is InChI=1S/C5H5.2CH3.Co/c1-2-4-5-3-1;;;/h1-3H,4H2;2*1H3;/q3*-1;+3. The van der Waals surface area contributed by atoms with Crippen LogP contribution in [0.2, 0.25) is 0 Å². The van der Waals surface area contributed by atoms with E-state index in [9.17, 15) is 0 Å². The monoisotopic (exact) mass is 154 g/mol. The van der Waals surface area contributed by atoms with E-state index in [-0.39, 0.29) is 31.6 Å². The van der Waals surface area contributed by atoms with Crippen LogP contribution in [0, 0.1) is 20.9 Å². The third-order valence-electron chi connectivity index (χ3n) is 0.586. The molecule has 0 aromatic heterocycles. The minimum absolute atomic E-state index is 0. The Morgan fingerprint density at radius 3 is 2.00 bits per heavy atom. The van der Waals surface area contributed by atoms with Crippen LogP contribution in [0.1, 0.15) is 6.42 Å². The molecule has 0 bridgehead atoms. The van der Waals surface area contributed by atoms with Gasteiger partial charge in [0.05, 0.1) is 0 Å².